The lowest BCUT2D eigenvalue weighted by Gasteiger charge is -2.09. The SMILES string of the molecule is CCNCc1ccc(F)c(COCc2cccc(Br)c2)c1. The van der Waals surface area contributed by atoms with Gasteiger partial charge >= 0.3 is 0 Å². The fraction of sp³-hybridized carbons (Fsp3) is 0.294. The molecule has 2 nitrogen and oxygen atoms in total. The number of halogens is 2. The predicted molar refractivity (Wildman–Crippen MR) is 86.4 cm³/mol. The minimum absolute atomic E-state index is 0.218. The van der Waals surface area contributed by atoms with E-state index in [0.717, 1.165) is 28.7 Å². The van der Waals surface area contributed by atoms with E-state index < -0.39 is 0 Å². The van der Waals surface area contributed by atoms with Gasteiger partial charge in [0.15, 0.2) is 0 Å². The molecule has 1 N–H and O–H groups in total. The van der Waals surface area contributed by atoms with Crippen LogP contribution in [0.2, 0.25) is 0 Å². The Bertz CT molecular complexity index is 589. The molecule has 0 atom stereocenters. The third-order valence-corrected chi connectivity index (χ3v) is 3.60. The maximum Gasteiger partial charge on any atom is 0.128 e. The van der Waals surface area contributed by atoms with Gasteiger partial charge in [-0.15, -0.1) is 0 Å². The van der Waals surface area contributed by atoms with Gasteiger partial charge in [-0.1, -0.05) is 41.1 Å². The van der Waals surface area contributed by atoms with Gasteiger partial charge in [-0.05, 0) is 41.9 Å². The average Bonchev–Trinajstić information content (AvgIpc) is 2.48. The molecule has 0 amide bonds. The van der Waals surface area contributed by atoms with E-state index in [1.807, 2.05) is 37.3 Å². The summed E-state index contributed by atoms with van der Waals surface area (Å²) in [5.74, 6) is -0.218. The van der Waals surface area contributed by atoms with Gasteiger partial charge < -0.3 is 10.1 Å². The minimum atomic E-state index is -0.218. The van der Waals surface area contributed by atoms with Crippen molar-refractivity contribution in [3.05, 3.63) is 69.4 Å². The Morgan fingerprint density at radius 2 is 1.95 bits per heavy atom. The third-order valence-electron chi connectivity index (χ3n) is 3.10. The molecule has 2 aromatic carbocycles. The zero-order valence-electron chi connectivity index (χ0n) is 12.0. The quantitative estimate of drug-likeness (QED) is 0.797. The molecule has 0 radical (unpaired) electrons. The number of ether oxygens (including phenoxy) is 1. The van der Waals surface area contributed by atoms with Gasteiger partial charge in [0.2, 0.25) is 0 Å². The third kappa shape index (κ3) is 5.23. The molecule has 0 saturated carbocycles. The van der Waals surface area contributed by atoms with Crippen LogP contribution in [0.25, 0.3) is 0 Å². The monoisotopic (exact) mass is 351 g/mol. The van der Waals surface area contributed by atoms with Crippen LogP contribution in [0.3, 0.4) is 0 Å². The topological polar surface area (TPSA) is 21.3 Å². The summed E-state index contributed by atoms with van der Waals surface area (Å²) in [5.41, 5.74) is 2.73. The van der Waals surface area contributed by atoms with E-state index in [2.05, 4.69) is 21.2 Å². The van der Waals surface area contributed by atoms with E-state index in [1.54, 1.807) is 6.07 Å². The Morgan fingerprint density at radius 1 is 1.10 bits per heavy atom. The van der Waals surface area contributed by atoms with Crippen LogP contribution in [0, 0.1) is 5.82 Å². The summed E-state index contributed by atoms with van der Waals surface area (Å²) in [4.78, 5) is 0. The van der Waals surface area contributed by atoms with Gasteiger partial charge in [0.05, 0.1) is 13.2 Å². The van der Waals surface area contributed by atoms with Crippen molar-refractivity contribution in [3.8, 4) is 0 Å². The van der Waals surface area contributed by atoms with Crippen molar-refractivity contribution in [3.63, 3.8) is 0 Å². The van der Waals surface area contributed by atoms with E-state index in [-0.39, 0.29) is 12.4 Å². The molecule has 2 rings (SSSR count). The van der Waals surface area contributed by atoms with Gasteiger partial charge in [-0.3, -0.25) is 0 Å². The lowest BCUT2D eigenvalue weighted by atomic mass is 10.1. The zero-order chi connectivity index (χ0) is 15.1. The largest absolute Gasteiger partial charge is 0.372 e. The molecule has 0 bridgehead atoms. The van der Waals surface area contributed by atoms with Crippen LogP contribution in [0.1, 0.15) is 23.6 Å². The molecular formula is C17H19BrFNO. The molecule has 112 valence electrons. The van der Waals surface area contributed by atoms with Gasteiger partial charge in [0.25, 0.3) is 0 Å². The maximum atomic E-state index is 13.8. The lowest BCUT2D eigenvalue weighted by Crippen LogP contribution is -2.12. The smallest absolute Gasteiger partial charge is 0.128 e. The highest BCUT2D eigenvalue weighted by atomic mass is 79.9. The van der Waals surface area contributed by atoms with Crippen molar-refractivity contribution in [2.75, 3.05) is 6.54 Å². The average molecular weight is 352 g/mol. The number of nitrogens with one attached hydrogen (secondary N) is 1. The summed E-state index contributed by atoms with van der Waals surface area (Å²) in [6.07, 6.45) is 0. The molecule has 0 aliphatic rings. The minimum Gasteiger partial charge on any atom is -0.372 e. The van der Waals surface area contributed by atoms with Crippen molar-refractivity contribution < 1.29 is 9.13 Å². The van der Waals surface area contributed by atoms with Crippen molar-refractivity contribution in [2.24, 2.45) is 0 Å². The van der Waals surface area contributed by atoms with Gasteiger partial charge in [0.1, 0.15) is 5.82 Å². The van der Waals surface area contributed by atoms with Crippen LogP contribution in [-0.4, -0.2) is 6.54 Å². The van der Waals surface area contributed by atoms with Gasteiger partial charge in [-0.2, -0.15) is 0 Å². The first-order valence-electron chi connectivity index (χ1n) is 6.99. The Balaban J connectivity index is 1.92. The first kappa shape index (κ1) is 16.1. The normalized spacial score (nSPS) is 10.8. The molecule has 0 aliphatic carbocycles. The zero-order valence-corrected chi connectivity index (χ0v) is 13.6. The summed E-state index contributed by atoms with van der Waals surface area (Å²) in [7, 11) is 0. The van der Waals surface area contributed by atoms with Crippen molar-refractivity contribution in [1.29, 1.82) is 0 Å². The van der Waals surface area contributed by atoms with Crippen LogP contribution >= 0.6 is 15.9 Å². The summed E-state index contributed by atoms with van der Waals surface area (Å²) >= 11 is 3.42. The highest BCUT2D eigenvalue weighted by Crippen LogP contribution is 2.15. The van der Waals surface area contributed by atoms with Gasteiger partial charge in [-0.25, -0.2) is 4.39 Å². The van der Waals surface area contributed by atoms with Crippen molar-refractivity contribution >= 4 is 15.9 Å². The Kier molecular flexibility index (Phi) is 6.36. The molecule has 0 fully saturated rings. The van der Waals surface area contributed by atoms with E-state index >= 15 is 0 Å². The molecule has 4 heteroatoms. The Morgan fingerprint density at radius 3 is 2.71 bits per heavy atom. The summed E-state index contributed by atoms with van der Waals surface area (Å²) in [6, 6.07) is 13.1. The number of hydrogen-bond acceptors (Lipinski definition) is 2. The van der Waals surface area contributed by atoms with Gasteiger partial charge in [0, 0.05) is 16.6 Å². The highest BCUT2D eigenvalue weighted by Gasteiger charge is 2.04. The molecule has 0 aromatic heterocycles. The standard InChI is InChI=1S/C17H19BrFNO/c1-2-20-10-13-6-7-17(19)15(8-13)12-21-11-14-4-3-5-16(18)9-14/h3-9,20H,2,10-12H2,1H3. The van der Waals surface area contributed by atoms with Crippen molar-refractivity contribution in [1.82, 2.24) is 5.32 Å². The molecule has 0 saturated heterocycles. The second-order valence-corrected chi connectivity index (χ2v) is 5.74. The van der Waals surface area contributed by atoms with Crippen LogP contribution in [0.4, 0.5) is 4.39 Å². The number of hydrogen-bond donors (Lipinski definition) is 1. The molecule has 0 heterocycles. The number of rotatable bonds is 7. The summed E-state index contributed by atoms with van der Waals surface area (Å²) in [5, 5.41) is 3.23. The molecule has 0 spiro atoms. The lowest BCUT2D eigenvalue weighted by molar-refractivity contribution is 0.105. The van der Waals surface area contributed by atoms with E-state index in [1.165, 1.54) is 6.07 Å². The highest BCUT2D eigenvalue weighted by molar-refractivity contribution is 9.10. The first-order chi connectivity index (χ1) is 10.2. The second kappa shape index (κ2) is 8.27. The van der Waals surface area contributed by atoms with Crippen molar-refractivity contribution in [2.45, 2.75) is 26.7 Å². The molecule has 0 aliphatic heterocycles. The van der Waals surface area contributed by atoms with E-state index in [4.69, 9.17) is 4.74 Å². The van der Waals surface area contributed by atoms with Crippen LogP contribution in [0.5, 0.6) is 0 Å². The number of benzene rings is 2. The Labute approximate surface area is 133 Å². The summed E-state index contributed by atoms with van der Waals surface area (Å²) in [6.45, 7) is 4.43. The predicted octanol–water partition coefficient (Wildman–Crippen LogP) is 4.41. The maximum absolute atomic E-state index is 13.8. The molecule has 0 unspecified atom stereocenters. The first-order valence-corrected chi connectivity index (χ1v) is 7.78. The van der Waals surface area contributed by atoms with E-state index in [9.17, 15) is 4.39 Å². The molecule has 21 heavy (non-hydrogen) atoms. The second-order valence-electron chi connectivity index (χ2n) is 4.83. The fourth-order valence-electron chi connectivity index (χ4n) is 2.02. The molecular weight excluding hydrogens is 333 g/mol. The Hall–Kier alpha value is -1.23. The van der Waals surface area contributed by atoms with E-state index in [0.29, 0.717) is 12.2 Å². The van der Waals surface area contributed by atoms with Crippen LogP contribution in [0.15, 0.2) is 46.9 Å². The van der Waals surface area contributed by atoms with Crippen LogP contribution < -0.4 is 5.32 Å². The fourth-order valence-corrected chi connectivity index (χ4v) is 2.47. The summed E-state index contributed by atoms with van der Waals surface area (Å²) < 4.78 is 20.4. The van der Waals surface area contributed by atoms with Crippen LogP contribution in [-0.2, 0) is 24.5 Å². The molecule has 2 aromatic rings.